The van der Waals surface area contributed by atoms with E-state index in [0.29, 0.717) is 12.2 Å². The van der Waals surface area contributed by atoms with Gasteiger partial charge < -0.3 is 9.84 Å². The Labute approximate surface area is 131 Å². The maximum Gasteiger partial charge on any atom is 0.335 e. The fraction of sp³-hybridized carbons (Fsp3) is 0.211. The first kappa shape index (κ1) is 17.5. The third-order valence-corrected chi connectivity index (χ3v) is 3.21. The summed E-state index contributed by atoms with van der Waals surface area (Å²) in [5.41, 5.74) is 3.03. The Morgan fingerprint density at radius 1 is 1.14 bits per heavy atom. The molecule has 2 rings (SSSR count). The molecular weight excluding hydrogens is 276 g/mol. The van der Waals surface area contributed by atoms with Crippen molar-refractivity contribution in [3.8, 4) is 5.75 Å². The molecule has 2 aromatic rings. The fourth-order valence-corrected chi connectivity index (χ4v) is 1.92. The summed E-state index contributed by atoms with van der Waals surface area (Å²) in [4.78, 5) is 11.0. The summed E-state index contributed by atoms with van der Waals surface area (Å²) in [7, 11) is 0. The molecule has 0 unspecified atom stereocenters. The highest BCUT2D eigenvalue weighted by molar-refractivity contribution is 5.90. The summed E-state index contributed by atoms with van der Waals surface area (Å²) in [5.74, 6) is -0.179. The lowest BCUT2D eigenvalue weighted by Gasteiger charge is -2.12. The van der Waals surface area contributed by atoms with Crippen LogP contribution in [-0.2, 0) is 6.61 Å². The van der Waals surface area contributed by atoms with Crippen LogP contribution in [0, 0.1) is 13.8 Å². The van der Waals surface area contributed by atoms with E-state index < -0.39 is 5.97 Å². The molecule has 3 nitrogen and oxygen atoms in total. The molecule has 116 valence electrons. The predicted molar refractivity (Wildman–Crippen MR) is 89.5 cm³/mol. The quantitative estimate of drug-likeness (QED) is 0.827. The number of rotatable bonds is 4. The van der Waals surface area contributed by atoms with Gasteiger partial charge in [0.2, 0.25) is 0 Å². The van der Waals surface area contributed by atoms with Crippen LogP contribution < -0.4 is 4.74 Å². The van der Waals surface area contributed by atoms with Crippen molar-refractivity contribution in [3.05, 3.63) is 77.4 Å². The van der Waals surface area contributed by atoms with Crippen molar-refractivity contribution in [1.82, 2.24) is 0 Å². The first-order chi connectivity index (χ1) is 10.5. The van der Waals surface area contributed by atoms with Gasteiger partial charge in [-0.1, -0.05) is 36.4 Å². The van der Waals surface area contributed by atoms with Gasteiger partial charge in [0.1, 0.15) is 12.4 Å². The number of ether oxygens (including phenoxy) is 1. The summed E-state index contributed by atoms with van der Waals surface area (Å²) in [6.45, 7) is 9.41. The number of benzene rings is 2. The van der Waals surface area contributed by atoms with E-state index in [-0.39, 0.29) is 0 Å². The molecular formula is C19H22O3. The Bertz CT molecular complexity index is 631. The molecule has 0 spiro atoms. The number of carboxylic acids is 1. The summed E-state index contributed by atoms with van der Waals surface area (Å²) < 4.78 is 5.75. The molecule has 0 saturated heterocycles. The lowest BCUT2D eigenvalue weighted by molar-refractivity contribution is 0.0696. The molecule has 0 aliphatic heterocycles. The van der Waals surface area contributed by atoms with Crippen molar-refractivity contribution < 1.29 is 14.6 Å². The predicted octanol–water partition coefficient (Wildman–Crippen LogP) is 4.77. The van der Waals surface area contributed by atoms with Gasteiger partial charge in [-0.25, -0.2) is 4.79 Å². The van der Waals surface area contributed by atoms with Crippen LogP contribution in [0.5, 0.6) is 5.75 Å². The number of aromatic carboxylic acids is 1. The highest BCUT2D eigenvalue weighted by atomic mass is 16.5. The first-order valence-electron chi connectivity index (χ1n) is 7.08. The van der Waals surface area contributed by atoms with Crippen LogP contribution in [0.4, 0.5) is 0 Å². The van der Waals surface area contributed by atoms with E-state index in [4.69, 9.17) is 9.84 Å². The zero-order chi connectivity index (χ0) is 16.5. The van der Waals surface area contributed by atoms with Crippen LogP contribution in [0.15, 0.2) is 55.1 Å². The van der Waals surface area contributed by atoms with E-state index in [2.05, 4.69) is 6.58 Å². The van der Waals surface area contributed by atoms with Crippen LogP contribution in [0.1, 0.15) is 34.0 Å². The van der Waals surface area contributed by atoms with Crippen molar-refractivity contribution in [1.29, 1.82) is 0 Å². The van der Waals surface area contributed by atoms with Gasteiger partial charge in [-0.05, 0) is 49.6 Å². The molecule has 1 N–H and O–H groups in total. The third-order valence-electron chi connectivity index (χ3n) is 3.21. The monoisotopic (exact) mass is 298 g/mol. The average Bonchev–Trinajstić information content (AvgIpc) is 2.50. The van der Waals surface area contributed by atoms with Crippen molar-refractivity contribution in [2.75, 3.05) is 0 Å². The third kappa shape index (κ3) is 4.77. The Morgan fingerprint density at radius 3 is 2.27 bits per heavy atom. The first-order valence-corrected chi connectivity index (χ1v) is 7.08. The molecule has 3 heteroatoms. The average molecular weight is 298 g/mol. The maximum absolute atomic E-state index is 11.0. The summed E-state index contributed by atoms with van der Waals surface area (Å²) in [6.07, 6.45) is 1.75. The molecule has 0 heterocycles. The number of hydrogen-bond donors (Lipinski definition) is 1. The van der Waals surface area contributed by atoms with E-state index in [9.17, 15) is 4.79 Å². The number of allylic oxidation sites excluding steroid dienone is 1. The minimum atomic E-state index is -0.907. The zero-order valence-corrected chi connectivity index (χ0v) is 13.3. The second-order valence-corrected chi connectivity index (χ2v) is 4.85. The molecule has 0 bridgehead atoms. The Hall–Kier alpha value is -2.55. The minimum Gasteiger partial charge on any atom is -0.489 e. The van der Waals surface area contributed by atoms with Gasteiger partial charge in [0, 0.05) is 0 Å². The molecule has 0 fully saturated rings. The number of carboxylic acid groups (broad SMARTS) is 1. The van der Waals surface area contributed by atoms with Gasteiger partial charge in [-0.3, -0.25) is 0 Å². The second-order valence-electron chi connectivity index (χ2n) is 4.85. The molecule has 0 aromatic heterocycles. The molecule has 0 aliphatic rings. The van der Waals surface area contributed by atoms with E-state index in [0.717, 1.165) is 22.4 Å². The van der Waals surface area contributed by atoms with Crippen LogP contribution in [0.3, 0.4) is 0 Å². The maximum atomic E-state index is 11.0. The molecule has 0 aliphatic carbocycles. The van der Waals surface area contributed by atoms with E-state index in [1.807, 2.05) is 44.2 Å². The van der Waals surface area contributed by atoms with Crippen molar-refractivity contribution in [3.63, 3.8) is 0 Å². The molecule has 0 amide bonds. The SMILES string of the molecule is C=CC.Cc1c(OCc2ccccc2)ccc(C(=O)O)c1C. The number of carbonyl (C=O) groups is 1. The normalized spacial score (nSPS) is 9.41. The molecule has 22 heavy (non-hydrogen) atoms. The summed E-state index contributed by atoms with van der Waals surface area (Å²) >= 11 is 0. The lowest BCUT2D eigenvalue weighted by Crippen LogP contribution is -2.04. The van der Waals surface area contributed by atoms with Crippen LogP contribution in [0.25, 0.3) is 0 Å². The molecule has 0 saturated carbocycles. The largest absolute Gasteiger partial charge is 0.489 e. The fourth-order valence-electron chi connectivity index (χ4n) is 1.92. The van der Waals surface area contributed by atoms with Crippen LogP contribution in [-0.4, -0.2) is 11.1 Å². The van der Waals surface area contributed by atoms with Gasteiger partial charge in [0.15, 0.2) is 0 Å². The van der Waals surface area contributed by atoms with Gasteiger partial charge >= 0.3 is 5.97 Å². The zero-order valence-electron chi connectivity index (χ0n) is 13.3. The van der Waals surface area contributed by atoms with E-state index in [1.165, 1.54) is 0 Å². The highest BCUT2D eigenvalue weighted by Crippen LogP contribution is 2.25. The topological polar surface area (TPSA) is 46.5 Å². The van der Waals surface area contributed by atoms with Crippen molar-refractivity contribution >= 4 is 5.97 Å². The molecule has 0 atom stereocenters. The van der Waals surface area contributed by atoms with Crippen LogP contribution in [0.2, 0.25) is 0 Å². The van der Waals surface area contributed by atoms with Crippen LogP contribution >= 0.6 is 0 Å². The standard InChI is InChI=1S/C16H16O3.C3H6/c1-11-12(2)15(9-8-14(11)16(17)18)19-10-13-6-4-3-5-7-13;1-3-2/h3-9H,10H2,1-2H3,(H,17,18);3H,1H2,2H3. The highest BCUT2D eigenvalue weighted by Gasteiger charge is 2.12. The minimum absolute atomic E-state index is 0.324. The van der Waals surface area contributed by atoms with Gasteiger partial charge in [-0.2, -0.15) is 0 Å². The van der Waals surface area contributed by atoms with Gasteiger partial charge in [0.05, 0.1) is 5.56 Å². The smallest absolute Gasteiger partial charge is 0.335 e. The summed E-state index contributed by atoms with van der Waals surface area (Å²) in [5, 5.41) is 9.05. The Balaban J connectivity index is 0.000000745. The lowest BCUT2D eigenvalue weighted by atomic mass is 10.0. The van der Waals surface area contributed by atoms with Gasteiger partial charge in [-0.15, -0.1) is 6.58 Å². The molecule has 2 aromatic carbocycles. The molecule has 0 radical (unpaired) electrons. The van der Waals surface area contributed by atoms with E-state index >= 15 is 0 Å². The number of hydrogen-bond acceptors (Lipinski definition) is 2. The van der Waals surface area contributed by atoms with Crippen molar-refractivity contribution in [2.24, 2.45) is 0 Å². The van der Waals surface area contributed by atoms with Gasteiger partial charge in [0.25, 0.3) is 0 Å². The Kier molecular flexibility index (Phi) is 6.90. The van der Waals surface area contributed by atoms with Crippen molar-refractivity contribution in [2.45, 2.75) is 27.4 Å². The summed E-state index contributed by atoms with van der Waals surface area (Å²) in [6, 6.07) is 13.2. The Morgan fingerprint density at radius 2 is 1.73 bits per heavy atom. The second kappa shape index (κ2) is 8.67. The van der Waals surface area contributed by atoms with E-state index in [1.54, 1.807) is 25.1 Å².